The fourth-order valence-corrected chi connectivity index (χ4v) is 3.23. The van der Waals surface area contributed by atoms with Gasteiger partial charge in [0.1, 0.15) is 0 Å². The zero-order chi connectivity index (χ0) is 13.6. The molecule has 1 atom stereocenters. The molecule has 2 rings (SSSR count). The van der Waals surface area contributed by atoms with Crippen LogP contribution in [0.4, 0.5) is 0 Å². The van der Waals surface area contributed by atoms with Gasteiger partial charge in [0.25, 0.3) is 0 Å². The summed E-state index contributed by atoms with van der Waals surface area (Å²) in [5.74, 6) is 0. The summed E-state index contributed by atoms with van der Waals surface area (Å²) in [5, 5.41) is 10.3. The molecule has 0 radical (unpaired) electrons. The van der Waals surface area contributed by atoms with Crippen LogP contribution in [-0.4, -0.2) is 9.67 Å². The molecule has 1 heterocycles. The number of fused-ring (bicyclic) bond motifs is 1. The van der Waals surface area contributed by atoms with Crippen molar-refractivity contribution in [2.24, 2.45) is 5.41 Å². The fraction of sp³-hybridized carbons (Fsp3) is 0.750. The Morgan fingerprint density at radius 2 is 2.00 bits per heavy atom. The number of hydrogen-bond acceptors (Lipinski definition) is 1. The quantitative estimate of drug-likeness (QED) is 0.859. The van der Waals surface area contributed by atoms with Crippen molar-refractivity contribution in [3.05, 3.63) is 23.5 Å². The molecular formula is C16H27NO. The van der Waals surface area contributed by atoms with E-state index in [1.54, 1.807) is 0 Å². The minimum atomic E-state index is -0.289. The SMILES string of the molecule is CCC(C)(CC)n1ccc2c1CC(C)(C)CC2O. The third-order valence-electron chi connectivity index (χ3n) is 4.88. The Labute approximate surface area is 111 Å². The largest absolute Gasteiger partial charge is 0.388 e. The van der Waals surface area contributed by atoms with Crippen LogP contribution in [0.25, 0.3) is 0 Å². The number of aromatic nitrogens is 1. The van der Waals surface area contributed by atoms with Gasteiger partial charge in [-0.2, -0.15) is 0 Å². The third kappa shape index (κ3) is 2.11. The molecule has 1 aliphatic carbocycles. The molecule has 1 aromatic rings. The highest BCUT2D eigenvalue weighted by Crippen LogP contribution is 2.43. The maximum Gasteiger partial charge on any atom is 0.0812 e. The monoisotopic (exact) mass is 249 g/mol. The van der Waals surface area contributed by atoms with Crippen molar-refractivity contribution in [2.45, 2.75) is 71.9 Å². The summed E-state index contributed by atoms with van der Waals surface area (Å²) >= 11 is 0. The molecule has 1 N–H and O–H groups in total. The van der Waals surface area contributed by atoms with Crippen LogP contribution in [0.1, 0.15) is 71.2 Å². The van der Waals surface area contributed by atoms with Crippen LogP contribution in [0.2, 0.25) is 0 Å². The number of nitrogens with zero attached hydrogens (tertiary/aromatic N) is 1. The van der Waals surface area contributed by atoms with Crippen LogP contribution in [0, 0.1) is 5.41 Å². The Kier molecular flexibility index (Phi) is 3.35. The van der Waals surface area contributed by atoms with Gasteiger partial charge in [-0.1, -0.05) is 27.7 Å². The topological polar surface area (TPSA) is 25.2 Å². The van der Waals surface area contributed by atoms with Crippen molar-refractivity contribution in [3.63, 3.8) is 0 Å². The second-order valence-corrected chi connectivity index (χ2v) is 6.85. The van der Waals surface area contributed by atoms with Gasteiger partial charge in [0, 0.05) is 23.0 Å². The Morgan fingerprint density at radius 1 is 1.39 bits per heavy atom. The number of aliphatic hydroxyl groups excluding tert-OH is 1. The molecule has 0 aliphatic heterocycles. The molecule has 1 unspecified atom stereocenters. The molecule has 0 saturated carbocycles. The summed E-state index contributed by atoms with van der Waals surface area (Å²) < 4.78 is 2.42. The smallest absolute Gasteiger partial charge is 0.0812 e. The summed E-state index contributed by atoms with van der Waals surface area (Å²) in [7, 11) is 0. The normalized spacial score (nSPS) is 22.9. The van der Waals surface area contributed by atoms with E-state index in [-0.39, 0.29) is 17.1 Å². The van der Waals surface area contributed by atoms with Gasteiger partial charge in [0.05, 0.1) is 6.10 Å². The van der Waals surface area contributed by atoms with Crippen molar-refractivity contribution < 1.29 is 5.11 Å². The van der Waals surface area contributed by atoms with E-state index < -0.39 is 0 Å². The van der Waals surface area contributed by atoms with E-state index in [0.29, 0.717) is 0 Å². The van der Waals surface area contributed by atoms with E-state index in [4.69, 9.17) is 0 Å². The van der Waals surface area contributed by atoms with E-state index in [1.165, 1.54) is 5.69 Å². The summed E-state index contributed by atoms with van der Waals surface area (Å²) in [4.78, 5) is 0. The Hall–Kier alpha value is -0.760. The van der Waals surface area contributed by atoms with Gasteiger partial charge in [-0.3, -0.25) is 0 Å². The first kappa shape index (κ1) is 13.7. The first-order chi connectivity index (χ1) is 8.33. The summed E-state index contributed by atoms with van der Waals surface area (Å²) in [5.41, 5.74) is 2.89. The molecule has 0 saturated heterocycles. The average molecular weight is 249 g/mol. The van der Waals surface area contributed by atoms with Gasteiger partial charge in [0.2, 0.25) is 0 Å². The zero-order valence-electron chi connectivity index (χ0n) is 12.5. The highest BCUT2D eigenvalue weighted by Gasteiger charge is 2.36. The van der Waals surface area contributed by atoms with E-state index in [9.17, 15) is 5.11 Å². The highest BCUT2D eigenvalue weighted by atomic mass is 16.3. The third-order valence-corrected chi connectivity index (χ3v) is 4.88. The van der Waals surface area contributed by atoms with Crippen LogP contribution < -0.4 is 0 Å². The van der Waals surface area contributed by atoms with E-state index in [2.05, 4.69) is 51.4 Å². The molecule has 1 aliphatic rings. The summed E-state index contributed by atoms with van der Waals surface area (Å²) in [6.07, 6.45) is 6.09. The Balaban J connectivity index is 2.49. The van der Waals surface area contributed by atoms with Crippen LogP contribution in [0.5, 0.6) is 0 Å². The Bertz CT molecular complexity index is 426. The summed E-state index contributed by atoms with van der Waals surface area (Å²) in [6.45, 7) is 11.3. The lowest BCUT2D eigenvalue weighted by Crippen LogP contribution is -2.34. The van der Waals surface area contributed by atoms with Crippen molar-refractivity contribution >= 4 is 0 Å². The number of hydrogen-bond donors (Lipinski definition) is 1. The minimum absolute atomic E-state index is 0.181. The van der Waals surface area contributed by atoms with Gasteiger partial charge in [-0.25, -0.2) is 0 Å². The molecule has 18 heavy (non-hydrogen) atoms. The fourth-order valence-electron chi connectivity index (χ4n) is 3.23. The average Bonchev–Trinajstić information content (AvgIpc) is 2.70. The molecular weight excluding hydrogens is 222 g/mol. The van der Waals surface area contributed by atoms with Crippen molar-refractivity contribution in [3.8, 4) is 0 Å². The summed E-state index contributed by atoms with van der Waals surface area (Å²) in [6, 6.07) is 2.12. The van der Waals surface area contributed by atoms with Crippen molar-refractivity contribution in [1.29, 1.82) is 0 Å². The second kappa shape index (κ2) is 4.41. The second-order valence-electron chi connectivity index (χ2n) is 6.85. The molecule has 0 bridgehead atoms. The zero-order valence-corrected chi connectivity index (χ0v) is 12.5. The van der Waals surface area contributed by atoms with Gasteiger partial charge in [0.15, 0.2) is 0 Å². The standard InChI is InChI=1S/C16H27NO/c1-6-16(5,7-2)17-9-8-12-13(17)10-15(3,4)11-14(12)18/h8-9,14,18H,6-7,10-11H2,1-5H3. The first-order valence-electron chi connectivity index (χ1n) is 7.21. The number of aliphatic hydroxyl groups is 1. The maximum absolute atomic E-state index is 10.3. The maximum atomic E-state index is 10.3. The molecule has 0 amide bonds. The van der Waals surface area contributed by atoms with E-state index >= 15 is 0 Å². The molecule has 0 spiro atoms. The van der Waals surface area contributed by atoms with Crippen LogP contribution >= 0.6 is 0 Å². The Morgan fingerprint density at radius 3 is 2.56 bits per heavy atom. The lowest BCUT2D eigenvalue weighted by Gasteiger charge is -2.38. The molecule has 102 valence electrons. The lowest BCUT2D eigenvalue weighted by atomic mass is 9.75. The molecule has 0 fully saturated rings. The van der Waals surface area contributed by atoms with Crippen LogP contribution in [0.15, 0.2) is 12.3 Å². The highest BCUT2D eigenvalue weighted by molar-refractivity contribution is 5.30. The number of rotatable bonds is 3. The predicted octanol–water partition coefficient (Wildman–Crippen LogP) is 4.03. The van der Waals surface area contributed by atoms with Crippen LogP contribution in [0.3, 0.4) is 0 Å². The van der Waals surface area contributed by atoms with E-state index in [1.807, 2.05) is 0 Å². The van der Waals surface area contributed by atoms with Gasteiger partial charge in [-0.15, -0.1) is 0 Å². The molecule has 2 nitrogen and oxygen atoms in total. The van der Waals surface area contributed by atoms with Crippen molar-refractivity contribution in [1.82, 2.24) is 4.57 Å². The van der Waals surface area contributed by atoms with Gasteiger partial charge < -0.3 is 9.67 Å². The molecule has 1 aromatic heterocycles. The molecule has 2 heteroatoms. The van der Waals surface area contributed by atoms with Gasteiger partial charge >= 0.3 is 0 Å². The minimum Gasteiger partial charge on any atom is -0.388 e. The lowest BCUT2D eigenvalue weighted by molar-refractivity contribution is 0.0956. The van der Waals surface area contributed by atoms with Crippen molar-refractivity contribution in [2.75, 3.05) is 0 Å². The molecule has 0 aromatic carbocycles. The van der Waals surface area contributed by atoms with Crippen LogP contribution in [-0.2, 0) is 12.0 Å². The van der Waals surface area contributed by atoms with Gasteiger partial charge in [-0.05, 0) is 44.1 Å². The first-order valence-corrected chi connectivity index (χ1v) is 7.21. The van der Waals surface area contributed by atoms with E-state index in [0.717, 1.165) is 31.2 Å². The predicted molar refractivity (Wildman–Crippen MR) is 75.7 cm³/mol.